The summed E-state index contributed by atoms with van der Waals surface area (Å²) in [4.78, 5) is 4.84. The van der Waals surface area contributed by atoms with Crippen molar-refractivity contribution in [3.05, 3.63) is 29.3 Å². The standard InChI is InChI=1S/C16H26N2O/c1-5-18-10-9-15-14(7-6-8-16(15)18)11-17(3)13(2)12-19-4/h6-8,13H,5,9-12H2,1-4H3. The lowest BCUT2D eigenvalue weighted by Crippen LogP contribution is -2.32. The van der Waals surface area contributed by atoms with Crippen LogP contribution >= 0.6 is 0 Å². The van der Waals surface area contributed by atoms with Gasteiger partial charge in [-0.1, -0.05) is 12.1 Å². The van der Waals surface area contributed by atoms with E-state index < -0.39 is 0 Å². The summed E-state index contributed by atoms with van der Waals surface area (Å²) in [5.74, 6) is 0. The van der Waals surface area contributed by atoms with E-state index in [2.05, 4.69) is 48.9 Å². The summed E-state index contributed by atoms with van der Waals surface area (Å²) in [7, 11) is 3.94. The molecule has 3 nitrogen and oxygen atoms in total. The van der Waals surface area contributed by atoms with Crippen LogP contribution in [0.25, 0.3) is 0 Å². The number of nitrogens with zero attached hydrogens (tertiary/aromatic N) is 2. The van der Waals surface area contributed by atoms with Gasteiger partial charge in [0.2, 0.25) is 0 Å². The van der Waals surface area contributed by atoms with Gasteiger partial charge in [-0.25, -0.2) is 0 Å². The van der Waals surface area contributed by atoms with E-state index in [4.69, 9.17) is 4.74 Å². The summed E-state index contributed by atoms with van der Waals surface area (Å²) in [6.07, 6.45) is 1.19. The molecule has 0 spiro atoms. The Hall–Kier alpha value is -1.06. The van der Waals surface area contributed by atoms with Crippen molar-refractivity contribution in [3.8, 4) is 0 Å². The van der Waals surface area contributed by atoms with E-state index in [1.165, 1.54) is 24.2 Å². The molecule has 3 heteroatoms. The number of hydrogen-bond acceptors (Lipinski definition) is 3. The zero-order valence-corrected chi connectivity index (χ0v) is 12.6. The highest BCUT2D eigenvalue weighted by Gasteiger charge is 2.21. The second-order valence-electron chi connectivity index (χ2n) is 5.46. The molecule has 1 aromatic rings. The first-order valence-corrected chi connectivity index (χ1v) is 7.22. The lowest BCUT2D eigenvalue weighted by molar-refractivity contribution is 0.112. The second-order valence-corrected chi connectivity index (χ2v) is 5.46. The minimum Gasteiger partial charge on any atom is -0.383 e. The van der Waals surface area contributed by atoms with Gasteiger partial charge in [0.1, 0.15) is 0 Å². The third-order valence-electron chi connectivity index (χ3n) is 4.18. The van der Waals surface area contributed by atoms with Gasteiger partial charge in [-0.15, -0.1) is 0 Å². The molecule has 0 radical (unpaired) electrons. The smallest absolute Gasteiger partial charge is 0.0615 e. The van der Waals surface area contributed by atoms with Crippen LogP contribution in [-0.2, 0) is 17.7 Å². The summed E-state index contributed by atoms with van der Waals surface area (Å²) in [6.45, 7) is 8.50. The quantitative estimate of drug-likeness (QED) is 0.783. The fourth-order valence-electron chi connectivity index (χ4n) is 2.84. The van der Waals surface area contributed by atoms with Gasteiger partial charge in [-0.3, -0.25) is 4.90 Å². The highest BCUT2D eigenvalue weighted by atomic mass is 16.5. The lowest BCUT2D eigenvalue weighted by Gasteiger charge is -2.25. The summed E-state index contributed by atoms with van der Waals surface area (Å²) in [5.41, 5.74) is 4.45. The molecule has 0 aliphatic carbocycles. The van der Waals surface area contributed by atoms with Gasteiger partial charge in [0.05, 0.1) is 6.61 Å². The number of methoxy groups -OCH3 is 1. The average Bonchev–Trinajstić information content (AvgIpc) is 2.83. The molecule has 0 aromatic heterocycles. The maximum absolute atomic E-state index is 5.24. The third kappa shape index (κ3) is 3.10. The molecule has 106 valence electrons. The van der Waals surface area contributed by atoms with Crippen LogP contribution in [0.1, 0.15) is 25.0 Å². The Morgan fingerprint density at radius 1 is 1.42 bits per heavy atom. The summed E-state index contributed by atoms with van der Waals surface area (Å²) >= 11 is 0. The number of likely N-dealkylation sites (N-methyl/N-ethyl adjacent to an activating group) is 2. The van der Waals surface area contributed by atoms with Crippen LogP contribution < -0.4 is 4.90 Å². The Morgan fingerprint density at radius 3 is 2.89 bits per heavy atom. The number of rotatable bonds is 6. The number of anilines is 1. The topological polar surface area (TPSA) is 15.7 Å². The zero-order valence-electron chi connectivity index (χ0n) is 12.6. The molecule has 0 saturated heterocycles. The largest absolute Gasteiger partial charge is 0.383 e. The Balaban J connectivity index is 2.12. The maximum atomic E-state index is 5.24. The third-order valence-corrected chi connectivity index (χ3v) is 4.18. The second kappa shape index (κ2) is 6.40. The van der Waals surface area contributed by atoms with Crippen molar-refractivity contribution in [3.63, 3.8) is 0 Å². The summed E-state index contributed by atoms with van der Waals surface area (Å²) < 4.78 is 5.24. The van der Waals surface area contributed by atoms with Crippen molar-refractivity contribution in [2.45, 2.75) is 32.9 Å². The van der Waals surface area contributed by atoms with Crippen LogP contribution in [0.15, 0.2) is 18.2 Å². The number of benzene rings is 1. The fraction of sp³-hybridized carbons (Fsp3) is 0.625. The number of fused-ring (bicyclic) bond motifs is 1. The molecule has 1 unspecified atom stereocenters. The first kappa shape index (κ1) is 14.4. The van der Waals surface area contributed by atoms with E-state index in [1.54, 1.807) is 12.7 Å². The molecular formula is C16H26N2O. The molecule has 1 heterocycles. The van der Waals surface area contributed by atoms with Gasteiger partial charge < -0.3 is 9.64 Å². The van der Waals surface area contributed by atoms with Crippen molar-refractivity contribution < 1.29 is 4.74 Å². The molecule has 1 aromatic carbocycles. The molecule has 1 aliphatic rings. The molecule has 0 amide bonds. The van der Waals surface area contributed by atoms with Gasteiger partial charge in [0, 0.05) is 38.5 Å². The minimum atomic E-state index is 0.449. The first-order valence-electron chi connectivity index (χ1n) is 7.22. The molecule has 0 N–H and O–H groups in total. The maximum Gasteiger partial charge on any atom is 0.0615 e. The van der Waals surface area contributed by atoms with Crippen LogP contribution in [0.2, 0.25) is 0 Å². The van der Waals surface area contributed by atoms with E-state index in [-0.39, 0.29) is 0 Å². The van der Waals surface area contributed by atoms with Crippen LogP contribution in [0, 0.1) is 0 Å². The Morgan fingerprint density at radius 2 is 2.21 bits per heavy atom. The molecule has 1 aliphatic heterocycles. The van der Waals surface area contributed by atoms with Crippen molar-refractivity contribution in [2.75, 3.05) is 38.8 Å². The molecular weight excluding hydrogens is 236 g/mol. The van der Waals surface area contributed by atoms with Crippen molar-refractivity contribution in [1.29, 1.82) is 0 Å². The SMILES string of the molecule is CCN1CCc2c(CN(C)C(C)COC)cccc21. The molecule has 2 rings (SSSR count). The van der Waals surface area contributed by atoms with Gasteiger partial charge in [0.15, 0.2) is 0 Å². The van der Waals surface area contributed by atoms with Crippen LogP contribution in [-0.4, -0.2) is 44.8 Å². The van der Waals surface area contributed by atoms with Crippen LogP contribution in [0.4, 0.5) is 5.69 Å². The average molecular weight is 262 g/mol. The highest BCUT2D eigenvalue weighted by Crippen LogP contribution is 2.31. The van der Waals surface area contributed by atoms with Gasteiger partial charge >= 0.3 is 0 Å². The minimum absolute atomic E-state index is 0.449. The normalized spacial score (nSPS) is 15.9. The number of ether oxygens (including phenoxy) is 1. The molecule has 0 fully saturated rings. The van der Waals surface area contributed by atoms with Crippen molar-refractivity contribution in [1.82, 2.24) is 4.90 Å². The van der Waals surface area contributed by atoms with Crippen molar-refractivity contribution >= 4 is 5.69 Å². The fourth-order valence-corrected chi connectivity index (χ4v) is 2.84. The Kier molecular flexibility index (Phi) is 4.83. The van der Waals surface area contributed by atoms with Crippen LogP contribution in [0.5, 0.6) is 0 Å². The van der Waals surface area contributed by atoms with Gasteiger partial charge in [-0.05, 0) is 44.5 Å². The van der Waals surface area contributed by atoms with E-state index >= 15 is 0 Å². The zero-order chi connectivity index (χ0) is 13.8. The molecule has 1 atom stereocenters. The molecule has 0 bridgehead atoms. The number of hydrogen-bond donors (Lipinski definition) is 0. The predicted molar refractivity (Wildman–Crippen MR) is 80.8 cm³/mol. The van der Waals surface area contributed by atoms with Crippen LogP contribution in [0.3, 0.4) is 0 Å². The highest BCUT2D eigenvalue weighted by molar-refractivity contribution is 5.60. The lowest BCUT2D eigenvalue weighted by atomic mass is 10.0. The monoisotopic (exact) mass is 262 g/mol. The molecule has 19 heavy (non-hydrogen) atoms. The van der Waals surface area contributed by atoms with E-state index in [9.17, 15) is 0 Å². The van der Waals surface area contributed by atoms with E-state index in [0.717, 1.165) is 19.7 Å². The van der Waals surface area contributed by atoms with Gasteiger partial charge in [-0.2, -0.15) is 0 Å². The summed E-state index contributed by atoms with van der Waals surface area (Å²) in [6, 6.07) is 7.17. The van der Waals surface area contributed by atoms with E-state index in [0.29, 0.717) is 6.04 Å². The Bertz CT molecular complexity index is 419. The van der Waals surface area contributed by atoms with Crippen molar-refractivity contribution in [2.24, 2.45) is 0 Å². The first-order chi connectivity index (χ1) is 9.17. The van der Waals surface area contributed by atoms with E-state index in [1.807, 2.05) is 0 Å². The molecule has 0 saturated carbocycles. The Labute approximate surface area is 117 Å². The van der Waals surface area contributed by atoms with Gasteiger partial charge in [0.25, 0.3) is 0 Å². The summed E-state index contributed by atoms with van der Waals surface area (Å²) in [5, 5.41) is 0. The predicted octanol–water partition coefficient (Wildman–Crippen LogP) is 2.54.